The van der Waals surface area contributed by atoms with Crippen LogP contribution >= 0.6 is 0 Å². The van der Waals surface area contributed by atoms with Gasteiger partial charge in [-0.05, 0) is 70.6 Å². The summed E-state index contributed by atoms with van der Waals surface area (Å²) in [6.45, 7) is 4.59. The molecule has 1 unspecified atom stereocenters. The Morgan fingerprint density at radius 3 is 1.43 bits per heavy atom. The van der Waals surface area contributed by atoms with Crippen molar-refractivity contribution in [2.75, 3.05) is 13.2 Å². The lowest BCUT2D eigenvalue weighted by Crippen LogP contribution is -2.29. The van der Waals surface area contributed by atoms with E-state index in [2.05, 4.69) is 50.3 Å². The molecule has 46 heavy (non-hydrogen) atoms. The minimum atomic E-state index is -0.769. The summed E-state index contributed by atoms with van der Waals surface area (Å²) >= 11 is 0. The summed E-state index contributed by atoms with van der Waals surface area (Å²) in [6.07, 6.45) is 41.6. The predicted octanol–water partition coefficient (Wildman–Crippen LogP) is 11.5. The zero-order chi connectivity index (χ0) is 33.6. The molecule has 0 spiro atoms. The summed E-state index contributed by atoms with van der Waals surface area (Å²) in [6, 6.07) is 0. The van der Waals surface area contributed by atoms with Crippen LogP contribution in [0.5, 0.6) is 0 Å². The Labute approximate surface area is 283 Å². The lowest BCUT2D eigenvalue weighted by Gasteiger charge is -2.17. The van der Waals surface area contributed by atoms with E-state index >= 15 is 0 Å². The Kier molecular flexibility index (Phi) is 35.2. The van der Waals surface area contributed by atoms with Crippen LogP contribution in [-0.2, 0) is 28.6 Å². The molecule has 0 aromatic rings. The summed E-state index contributed by atoms with van der Waals surface area (Å²) in [5.74, 6) is -0.656. The Balaban J connectivity index is 3.80. The Morgan fingerprint density at radius 1 is 0.500 bits per heavy atom. The van der Waals surface area contributed by atoms with Crippen molar-refractivity contribution >= 4 is 18.4 Å². The van der Waals surface area contributed by atoms with Crippen molar-refractivity contribution in [1.29, 1.82) is 0 Å². The van der Waals surface area contributed by atoms with Crippen molar-refractivity contribution in [3.8, 4) is 0 Å². The molecule has 0 aliphatic rings. The van der Waals surface area contributed by atoms with Crippen LogP contribution in [-0.4, -0.2) is 37.7 Å². The van der Waals surface area contributed by atoms with Gasteiger partial charge in [0.25, 0.3) is 6.47 Å². The zero-order valence-corrected chi connectivity index (χ0v) is 29.9. The highest BCUT2D eigenvalue weighted by atomic mass is 16.6. The van der Waals surface area contributed by atoms with E-state index in [0.717, 1.165) is 70.6 Å². The number of rotatable bonds is 35. The van der Waals surface area contributed by atoms with Gasteiger partial charge >= 0.3 is 11.9 Å². The first-order valence-electron chi connectivity index (χ1n) is 19.0. The number of unbranched alkanes of at least 4 members (excludes halogenated alkanes) is 19. The molecule has 0 heterocycles. The first kappa shape index (κ1) is 43.6. The number of carbonyl (C=O) groups excluding carboxylic acids is 3. The second-order valence-electron chi connectivity index (χ2n) is 12.5. The van der Waals surface area contributed by atoms with E-state index in [1.165, 1.54) is 83.5 Å². The predicted molar refractivity (Wildman–Crippen MR) is 192 cm³/mol. The van der Waals surface area contributed by atoms with Crippen molar-refractivity contribution in [1.82, 2.24) is 0 Å². The van der Waals surface area contributed by atoms with E-state index in [9.17, 15) is 14.4 Å². The van der Waals surface area contributed by atoms with Crippen LogP contribution in [0.2, 0.25) is 0 Å². The first-order chi connectivity index (χ1) is 22.6. The van der Waals surface area contributed by atoms with E-state index in [0.29, 0.717) is 19.3 Å². The largest absolute Gasteiger partial charge is 0.464 e. The maximum Gasteiger partial charge on any atom is 0.306 e. The number of allylic oxidation sites excluding steroid dienone is 6. The second kappa shape index (κ2) is 37.1. The highest BCUT2D eigenvalue weighted by molar-refractivity contribution is 5.70. The molecule has 0 saturated heterocycles. The minimum Gasteiger partial charge on any atom is -0.464 e. The summed E-state index contributed by atoms with van der Waals surface area (Å²) in [4.78, 5) is 35.1. The number of carbonyl (C=O) groups is 3. The monoisotopic (exact) mass is 647 g/mol. The highest BCUT2D eigenvalue weighted by Crippen LogP contribution is 2.12. The molecule has 0 rings (SSSR count). The van der Waals surface area contributed by atoms with Gasteiger partial charge in [-0.15, -0.1) is 0 Å². The van der Waals surface area contributed by atoms with Crippen LogP contribution in [0, 0.1) is 0 Å². The van der Waals surface area contributed by atoms with Crippen molar-refractivity contribution in [3.05, 3.63) is 36.5 Å². The van der Waals surface area contributed by atoms with Gasteiger partial charge < -0.3 is 14.2 Å². The Bertz CT molecular complexity index is 772. The molecule has 6 heteroatoms. The fourth-order valence-corrected chi connectivity index (χ4v) is 5.19. The van der Waals surface area contributed by atoms with Crippen LogP contribution in [0.15, 0.2) is 36.5 Å². The van der Waals surface area contributed by atoms with E-state index < -0.39 is 6.10 Å². The van der Waals surface area contributed by atoms with Gasteiger partial charge in [0.2, 0.25) is 0 Å². The van der Waals surface area contributed by atoms with Gasteiger partial charge in [-0.1, -0.05) is 134 Å². The lowest BCUT2D eigenvalue weighted by molar-refractivity contribution is -0.164. The smallest absolute Gasteiger partial charge is 0.306 e. The molecule has 0 aliphatic heterocycles. The molecule has 6 nitrogen and oxygen atoms in total. The summed E-state index contributed by atoms with van der Waals surface area (Å²) in [5.41, 5.74) is 0. The van der Waals surface area contributed by atoms with Gasteiger partial charge in [0.05, 0.1) is 0 Å². The van der Waals surface area contributed by atoms with Gasteiger partial charge in [-0.3, -0.25) is 14.4 Å². The Morgan fingerprint density at radius 2 is 0.913 bits per heavy atom. The normalized spacial score (nSPS) is 12.3. The quantitative estimate of drug-likeness (QED) is 0.0224. The molecule has 0 bridgehead atoms. The van der Waals surface area contributed by atoms with Crippen LogP contribution in [0.25, 0.3) is 0 Å². The second-order valence-corrected chi connectivity index (χ2v) is 12.5. The average molecular weight is 647 g/mol. The fourth-order valence-electron chi connectivity index (χ4n) is 5.19. The van der Waals surface area contributed by atoms with Crippen LogP contribution in [0.3, 0.4) is 0 Å². The first-order valence-corrected chi connectivity index (χ1v) is 19.0. The maximum absolute atomic E-state index is 12.3. The molecule has 0 fully saturated rings. The van der Waals surface area contributed by atoms with Gasteiger partial charge in [-0.2, -0.15) is 0 Å². The summed E-state index contributed by atoms with van der Waals surface area (Å²) in [7, 11) is 0. The number of ether oxygens (including phenoxy) is 3. The number of hydrogen-bond donors (Lipinski definition) is 0. The molecular weight excluding hydrogens is 576 g/mol. The number of hydrogen-bond acceptors (Lipinski definition) is 6. The van der Waals surface area contributed by atoms with Gasteiger partial charge in [0.1, 0.15) is 13.2 Å². The lowest BCUT2D eigenvalue weighted by atomic mass is 10.1. The average Bonchev–Trinajstić information content (AvgIpc) is 3.05. The maximum atomic E-state index is 12.3. The molecular formula is C40H70O6. The highest BCUT2D eigenvalue weighted by Gasteiger charge is 2.17. The van der Waals surface area contributed by atoms with Crippen molar-refractivity contribution in [3.63, 3.8) is 0 Å². The van der Waals surface area contributed by atoms with Crippen molar-refractivity contribution < 1.29 is 28.6 Å². The van der Waals surface area contributed by atoms with Crippen molar-refractivity contribution in [2.45, 2.75) is 187 Å². The molecule has 1 atom stereocenters. The van der Waals surface area contributed by atoms with E-state index in [1.807, 2.05) is 0 Å². The van der Waals surface area contributed by atoms with Gasteiger partial charge in [0, 0.05) is 12.8 Å². The summed E-state index contributed by atoms with van der Waals surface area (Å²) in [5, 5.41) is 0. The third kappa shape index (κ3) is 34.5. The molecule has 0 amide bonds. The molecule has 0 N–H and O–H groups in total. The molecule has 0 radical (unpaired) electrons. The van der Waals surface area contributed by atoms with Crippen LogP contribution in [0.4, 0.5) is 0 Å². The standard InChI is InChI=1S/C40H70O6/c1-3-5-7-9-11-13-15-17-19-21-23-25-27-29-31-33-39(42)45-36-38(35-44-37-41)46-40(43)34-32-30-28-26-24-22-20-18-16-14-12-10-8-6-4-2/h11,13,17-20,37-38H,3-10,12,14-16,21-36H2,1-2H3/b13-11-,19-17-,20-18-. The third-order valence-electron chi connectivity index (χ3n) is 8.05. The summed E-state index contributed by atoms with van der Waals surface area (Å²) < 4.78 is 15.5. The minimum absolute atomic E-state index is 0.0922. The molecule has 0 aromatic carbocycles. The molecule has 266 valence electrons. The van der Waals surface area contributed by atoms with E-state index in [-0.39, 0.29) is 25.2 Å². The molecule has 0 aliphatic carbocycles. The van der Waals surface area contributed by atoms with Gasteiger partial charge in [0.15, 0.2) is 6.10 Å². The molecule has 0 aromatic heterocycles. The third-order valence-corrected chi connectivity index (χ3v) is 8.05. The fraction of sp³-hybridized carbons (Fsp3) is 0.775. The topological polar surface area (TPSA) is 78.9 Å². The van der Waals surface area contributed by atoms with Crippen LogP contribution in [0.1, 0.15) is 181 Å². The number of esters is 2. The SMILES string of the molecule is CCCCC/C=C\C/C=C\CCCCCCCC(=O)OCC(COC=O)OC(=O)CCCCCCC/C=C\CCCCCCCC. The van der Waals surface area contributed by atoms with Gasteiger partial charge in [-0.25, -0.2) is 0 Å². The molecule has 0 saturated carbocycles. The van der Waals surface area contributed by atoms with Crippen molar-refractivity contribution in [2.24, 2.45) is 0 Å². The Hall–Kier alpha value is -2.37. The zero-order valence-electron chi connectivity index (χ0n) is 29.9. The van der Waals surface area contributed by atoms with E-state index in [1.54, 1.807) is 0 Å². The van der Waals surface area contributed by atoms with Crippen LogP contribution < -0.4 is 0 Å². The van der Waals surface area contributed by atoms with E-state index in [4.69, 9.17) is 14.2 Å².